The maximum Gasteiger partial charge on any atom is 0.184 e. The van der Waals surface area contributed by atoms with Gasteiger partial charge in [0.2, 0.25) is 0 Å². The predicted molar refractivity (Wildman–Crippen MR) is 74.4 cm³/mol. The summed E-state index contributed by atoms with van der Waals surface area (Å²) in [5.74, 6) is 0. The Hall–Kier alpha value is -1.02. The zero-order chi connectivity index (χ0) is 14.8. The molecule has 2 heterocycles. The number of hydrogen-bond donors (Lipinski definition) is 3. The number of likely N-dealkylation sites (N-methyl/N-ethyl adjacent to an activating group) is 1. The van der Waals surface area contributed by atoms with E-state index in [0.29, 0.717) is 13.2 Å². The minimum absolute atomic E-state index is 0.315. The molecule has 2 aliphatic heterocycles. The number of aliphatic hydroxyl groups is 2. The quantitative estimate of drug-likeness (QED) is 0.737. The van der Waals surface area contributed by atoms with Gasteiger partial charge in [-0.1, -0.05) is 37.3 Å². The summed E-state index contributed by atoms with van der Waals surface area (Å²) in [7, 11) is 0. The van der Waals surface area contributed by atoms with Crippen molar-refractivity contribution >= 4 is 0 Å². The molecule has 1 aromatic carbocycles. The molecular formula is C15H21NO5. The van der Waals surface area contributed by atoms with Gasteiger partial charge in [-0.25, -0.2) is 0 Å². The second-order valence-corrected chi connectivity index (χ2v) is 5.31. The standard InChI is InChI=1S/C15H21NO5/c1-2-16-14-12(18)11(17)13-10(20-14)8-19-15(21-13)9-6-4-3-5-7-9/h3-7,10-18H,2,8H2,1H3/t10-,11-,12-,13-,14+,15?/m1/s1. The topological polar surface area (TPSA) is 80.2 Å². The second kappa shape index (κ2) is 6.39. The van der Waals surface area contributed by atoms with Crippen LogP contribution in [0.5, 0.6) is 0 Å². The molecule has 3 N–H and O–H groups in total. The van der Waals surface area contributed by atoms with Crippen molar-refractivity contribution in [3.8, 4) is 0 Å². The van der Waals surface area contributed by atoms with Gasteiger partial charge in [-0.3, -0.25) is 5.32 Å². The van der Waals surface area contributed by atoms with Crippen LogP contribution in [0, 0.1) is 0 Å². The van der Waals surface area contributed by atoms with Gasteiger partial charge in [0.05, 0.1) is 6.61 Å². The molecule has 1 aromatic rings. The summed E-state index contributed by atoms with van der Waals surface area (Å²) in [6, 6.07) is 9.52. The van der Waals surface area contributed by atoms with Crippen LogP contribution in [-0.2, 0) is 14.2 Å². The van der Waals surface area contributed by atoms with Crippen molar-refractivity contribution in [2.75, 3.05) is 13.2 Å². The Morgan fingerprint density at radius 2 is 1.90 bits per heavy atom. The third kappa shape index (κ3) is 2.96. The first-order valence-corrected chi connectivity index (χ1v) is 7.27. The molecule has 2 aliphatic rings. The Bertz CT molecular complexity index is 455. The van der Waals surface area contributed by atoms with E-state index in [2.05, 4.69) is 5.32 Å². The van der Waals surface area contributed by atoms with Gasteiger partial charge < -0.3 is 24.4 Å². The van der Waals surface area contributed by atoms with E-state index in [1.54, 1.807) is 0 Å². The Balaban J connectivity index is 1.71. The van der Waals surface area contributed by atoms with Gasteiger partial charge in [0.1, 0.15) is 30.6 Å². The summed E-state index contributed by atoms with van der Waals surface area (Å²) in [4.78, 5) is 0. The first-order valence-electron chi connectivity index (χ1n) is 7.27. The van der Waals surface area contributed by atoms with Crippen molar-refractivity contribution in [1.29, 1.82) is 0 Å². The van der Waals surface area contributed by atoms with Crippen LogP contribution in [0.2, 0.25) is 0 Å². The maximum absolute atomic E-state index is 10.3. The zero-order valence-electron chi connectivity index (χ0n) is 11.9. The van der Waals surface area contributed by atoms with E-state index in [-0.39, 0.29) is 0 Å². The fourth-order valence-corrected chi connectivity index (χ4v) is 2.76. The second-order valence-electron chi connectivity index (χ2n) is 5.31. The molecule has 0 aromatic heterocycles. The van der Waals surface area contributed by atoms with Gasteiger partial charge in [0.15, 0.2) is 6.29 Å². The van der Waals surface area contributed by atoms with Crippen LogP contribution in [0.3, 0.4) is 0 Å². The lowest BCUT2D eigenvalue weighted by atomic mass is 9.97. The molecular weight excluding hydrogens is 274 g/mol. The minimum atomic E-state index is -1.03. The monoisotopic (exact) mass is 295 g/mol. The largest absolute Gasteiger partial charge is 0.387 e. The van der Waals surface area contributed by atoms with Crippen molar-refractivity contribution in [3.63, 3.8) is 0 Å². The summed E-state index contributed by atoms with van der Waals surface area (Å²) in [5, 5.41) is 23.4. The molecule has 0 amide bonds. The molecule has 6 atom stereocenters. The highest BCUT2D eigenvalue weighted by Gasteiger charge is 2.48. The number of ether oxygens (including phenoxy) is 3. The third-order valence-electron chi connectivity index (χ3n) is 3.85. The lowest BCUT2D eigenvalue weighted by Crippen LogP contribution is -2.64. The molecule has 2 fully saturated rings. The van der Waals surface area contributed by atoms with Crippen LogP contribution in [0.4, 0.5) is 0 Å². The molecule has 1 unspecified atom stereocenters. The maximum atomic E-state index is 10.3. The van der Waals surface area contributed by atoms with Crippen molar-refractivity contribution in [1.82, 2.24) is 5.32 Å². The number of nitrogens with one attached hydrogen (secondary N) is 1. The molecule has 21 heavy (non-hydrogen) atoms. The Labute approximate surface area is 123 Å². The molecule has 0 aliphatic carbocycles. The van der Waals surface area contributed by atoms with E-state index in [1.165, 1.54) is 0 Å². The van der Waals surface area contributed by atoms with Gasteiger partial charge in [-0.05, 0) is 6.54 Å². The SMILES string of the molecule is CCN[C@H]1O[C@@H]2COC(c3ccccc3)O[C@H]2[C@H](O)[C@H]1O. The highest BCUT2D eigenvalue weighted by atomic mass is 16.7. The third-order valence-corrected chi connectivity index (χ3v) is 3.85. The summed E-state index contributed by atoms with van der Waals surface area (Å²) >= 11 is 0. The Kier molecular flexibility index (Phi) is 4.54. The van der Waals surface area contributed by atoms with Gasteiger partial charge >= 0.3 is 0 Å². The van der Waals surface area contributed by atoms with Crippen LogP contribution in [0.25, 0.3) is 0 Å². The van der Waals surface area contributed by atoms with Crippen LogP contribution in [-0.4, -0.2) is 54.0 Å². The van der Waals surface area contributed by atoms with Crippen LogP contribution in [0.1, 0.15) is 18.8 Å². The lowest BCUT2D eigenvalue weighted by molar-refractivity contribution is -0.331. The molecule has 2 saturated heterocycles. The molecule has 6 nitrogen and oxygen atoms in total. The highest BCUT2D eigenvalue weighted by molar-refractivity contribution is 5.16. The minimum Gasteiger partial charge on any atom is -0.387 e. The van der Waals surface area contributed by atoms with Crippen molar-refractivity contribution in [2.45, 2.75) is 43.9 Å². The van der Waals surface area contributed by atoms with Crippen LogP contribution in [0.15, 0.2) is 30.3 Å². The number of aliphatic hydroxyl groups excluding tert-OH is 2. The summed E-state index contributed by atoms with van der Waals surface area (Å²) in [6.45, 7) is 2.87. The number of hydrogen-bond acceptors (Lipinski definition) is 6. The summed E-state index contributed by atoms with van der Waals surface area (Å²) in [6.07, 6.45) is -4.19. The molecule has 3 rings (SSSR count). The lowest BCUT2D eigenvalue weighted by Gasteiger charge is -2.46. The fourth-order valence-electron chi connectivity index (χ4n) is 2.76. The first-order chi connectivity index (χ1) is 10.2. The van der Waals surface area contributed by atoms with Gasteiger partial charge in [-0.15, -0.1) is 0 Å². The average Bonchev–Trinajstić information content (AvgIpc) is 2.53. The van der Waals surface area contributed by atoms with E-state index in [1.807, 2.05) is 37.3 Å². The predicted octanol–water partition coefficient (Wildman–Crippen LogP) is 0.157. The Morgan fingerprint density at radius 1 is 1.14 bits per heavy atom. The van der Waals surface area contributed by atoms with E-state index in [0.717, 1.165) is 5.56 Å². The van der Waals surface area contributed by atoms with E-state index in [9.17, 15) is 10.2 Å². The van der Waals surface area contributed by atoms with Crippen LogP contribution >= 0.6 is 0 Å². The molecule has 0 radical (unpaired) electrons. The Morgan fingerprint density at radius 3 is 2.62 bits per heavy atom. The number of benzene rings is 1. The first kappa shape index (κ1) is 14.9. The normalized spacial score (nSPS) is 39.8. The van der Waals surface area contributed by atoms with Crippen molar-refractivity contribution < 1.29 is 24.4 Å². The van der Waals surface area contributed by atoms with E-state index < -0.39 is 36.9 Å². The van der Waals surface area contributed by atoms with Gasteiger partial charge in [0.25, 0.3) is 0 Å². The van der Waals surface area contributed by atoms with Crippen molar-refractivity contribution in [2.24, 2.45) is 0 Å². The van der Waals surface area contributed by atoms with Crippen LogP contribution < -0.4 is 5.32 Å². The molecule has 0 spiro atoms. The van der Waals surface area contributed by atoms with E-state index in [4.69, 9.17) is 14.2 Å². The molecule has 0 saturated carbocycles. The molecule has 116 valence electrons. The fraction of sp³-hybridized carbons (Fsp3) is 0.600. The van der Waals surface area contributed by atoms with Crippen molar-refractivity contribution in [3.05, 3.63) is 35.9 Å². The van der Waals surface area contributed by atoms with Gasteiger partial charge in [0, 0.05) is 5.56 Å². The smallest absolute Gasteiger partial charge is 0.184 e. The van der Waals surface area contributed by atoms with E-state index >= 15 is 0 Å². The summed E-state index contributed by atoms with van der Waals surface area (Å²) < 4.78 is 17.2. The molecule has 0 bridgehead atoms. The summed E-state index contributed by atoms with van der Waals surface area (Å²) in [5.41, 5.74) is 0.881. The average molecular weight is 295 g/mol. The van der Waals surface area contributed by atoms with Gasteiger partial charge in [-0.2, -0.15) is 0 Å². The molecule has 6 heteroatoms. The highest BCUT2D eigenvalue weighted by Crippen LogP contribution is 2.33. The number of fused-ring (bicyclic) bond motifs is 1. The zero-order valence-corrected chi connectivity index (χ0v) is 11.9. The number of rotatable bonds is 3.